The fourth-order valence-corrected chi connectivity index (χ4v) is 1.60. The van der Waals surface area contributed by atoms with Gasteiger partial charge in [-0.2, -0.15) is 0 Å². The topological polar surface area (TPSA) is 66.6 Å². The van der Waals surface area contributed by atoms with Crippen molar-refractivity contribution >= 4 is 17.0 Å². The lowest BCUT2D eigenvalue weighted by atomic mass is 10.1. The molecule has 0 saturated heterocycles. The van der Waals surface area contributed by atoms with Gasteiger partial charge in [0.25, 0.3) is 0 Å². The van der Waals surface area contributed by atoms with Crippen LogP contribution in [0.15, 0.2) is 29.0 Å². The van der Waals surface area contributed by atoms with Gasteiger partial charge in [-0.25, -0.2) is 4.98 Å². The first-order chi connectivity index (χ1) is 8.20. The van der Waals surface area contributed by atoms with Crippen LogP contribution in [0.4, 0.5) is 0 Å². The summed E-state index contributed by atoms with van der Waals surface area (Å²) in [6.45, 7) is 0.122. The standard InChI is InChI=1S/C12H14N2O3/c1-14(12(16)7-15)5-4-9-2-3-10-11(6-9)17-8-13-10/h2-3,6,8,15H,4-5,7H2,1H3. The van der Waals surface area contributed by atoms with E-state index in [0.29, 0.717) is 6.54 Å². The highest BCUT2D eigenvalue weighted by atomic mass is 16.3. The lowest BCUT2D eigenvalue weighted by molar-refractivity contribution is -0.132. The van der Waals surface area contributed by atoms with E-state index < -0.39 is 6.61 Å². The molecule has 5 nitrogen and oxygen atoms in total. The number of aromatic nitrogens is 1. The number of benzene rings is 1. The van der Waals surface area contributed by atoms with Gasteiger partial charge in [0.2, 0.25) is 5.91 Å². The molecule has 0 aliphatic carbocycles. The van der Waals surface area contributed by atoms with E-state index in [0.717, 1.165) is 23.1 Å². The SMILES string of the molecule is CN(CCc1ccc2ncoc2c1)C(=O)CO. The number of oxazole rings is 1. The Hall–Kier alpha value is -1.88. The summed E-state index contributed by atoms with van der Waals surface area (Å²) in [5.74, 6) is -0.272. The molecule has 0 saturated carbocycles. The molecule has 0 atom stereocenters. The van der Waals surface area contributed by atoms with Crippen molar-refractivity contribution < 1.29 is 14.3 Å². The lowest BCUT2D eigenvalue weighted by Crippen LogP contribution is -2.31. The third-order valence-electron chi connectivity index (χ3n) is 2.69. The summed E-state index contributed by atoms with van der Waals surface area (Å²) in [5, 5.41) is 8.70. The monoisotopic (exact) mass is 234 g/mol. The maximum absolute atomic E-state index is 11.2. The van der Waals surface area contributed by atoms with Crippen molar-refractivity contribution in [2.75, 3.05) is 20.2 Å². The van der Waals surface area contributed by atoms with Gasteiger partial charge in [0, 0.05) is 13.6 Å². The Morgan fingerprint density at radius 2 is 2.35 bits per heavy atom. The van der Waals surface area contributed by atoms with Crippen LogP contribution in [0.3, 0.4) is 0 Å². The van der Waals surface area contributed by atoms with E-state index in [9.17, 15) is 4.79 Å². The Bertz CT molecular complexity index is 521. The molecule has 0 radical (unpaired) electrons. The minimum Gasteiger partial charge on any atom is -0.443 e. The average molecular weight is 234 g/mol. The molecule has 0 fully saturated rings. The Labute approximate surface area is 98.7 Å². The average Bonchev–Trinajstić information content (AvgIpc) is 2.82. The number of rotatable bonds is 4. The maximum atomic E-state index is 11.2. The molecule has 1 amide bonds. The number of aliphatic hydroxyl groups is 1. The van der Waals surface area contributed by atoms with Crippen LogP contribution < -0.4 is 0 Å². The zero-order chi connectivity index (χ0) is 12.3. The number of nitrogens with zero attached hydrogens (tertiary/aromatic N) is 2. The second-order valence-corrected chi connectivity index (χ2v) is 3.88. The number of aliphatic hydroxyl groups excluding tert-OH is 1. The molecule has 1 N–H and O–H groups in total. The van der Waals surface area contributed by atoms with Crippen LogP contribution in [-0.4, -0.2) is 41.1 Å². The van der Waals surface area contributed by atoms with Crippen molar-refractivity contribution in [2.45, 2.75) is 6.42 Å². The third-order valence-corrected chi connectivity index (χ3v) is 2.69. The summed E-state index contributed by atoms with van der Waals surface area (Å²) in [6, 6.07) is 5.77. The summed E-state index contributed by atoms with van der Waals surface area (Å²) in [4.78, 5) is 16.7. The molecule has 0 bridgehead atoms. The number of carbonyl (C=O) groups is 1. The zero-order valence-corrected chi connectivity index (χ0v) is 9.59. The van der Waals surface area contributed by atoms with E-state index in [2.05, 4.69) is 4.98 Å². The second-order valence-electron chi connectivity index (χ2n) is 3.88. The number of amides is 1. The van der Waals surface area contributed by atoms with E-state index in [1.54, 1.807) is 7.05 Å². The molecule has 17 heavy (non-hydrogen) atoms. The van der Waals surface area contributed by atoms with Crippen molar-refractivity contribution in [1.29, 1.82) is 0 Å². The van der Waals surface area contributed by atoms with Crippen molar-refractivity contribution in [2.24, 2.45) is 0 Å². The summed E-state index contributed by atoms with van der Waals surface area (Å²) in [6.07, 6.45) is 2.13. The Morgan fingerprint density at radius 1 is 1.53 bits per heavy atom. The molecule has 2 rings (SSSR count). The largest absolute Gasteiger partial charge is 0.443 e. The molecule has 0 aliphatic rings. The maximum Gasteiger partial charge on any atom is 0.248 e. The normalized spacial score (nSPS) is 10.7. The Balaban J connectivity index is 2.01. The molecule has 2 aromatic rings. The highest BCUT2D eigenvalue weighted by Gasteiger charge is 2.07. The minimum absolute atomic E-state index is 0.272. The number of hydrogen-bond acceptors (Lipinski definition) is 4. The fourth-order valence-electron chi connectivity index (χ4n) is 1.60. The van der Waals surface area contributed by atoms with Crippen molar-refractivity contribution in [3.05, 3.63) is 30.2 Å². The molecule has 1 heterocycles. The molecule has 0 spiro atoms. The quantitative estimate of drug-likeness (QED) is 0.850. The van der Waals surface area contributed by atoms with Crippen LogP contribution in [0.2, 0.25) is 0 Å². The van der Waals surface area contributed by atoms with E-state index >= 15 is 0 Å². The van der Waals surface area contributed by atoms with E-state index in [1.807, 2.05) is 18.2 Å². The molecular formula is C12H14N2O3. The number of hydrogen-bond donors (Lipinski definition) is 1. The number of carbonyl (C=O) groups excluding carboxylic acids is 1. The van der Waals surface area contributed by atoms with Crippen molar-refractivity contribution in [3.63, 3.8) is 0 Å². The first-order valence-corrected chi connectivity index (χ1v) is 5.37. The lowest BCUT2D eigenvalue weighted by Gasteiger charge is -2.15. The van der Waals surface area contributed by atoms with Gasteiger partial charge in [0.15, 0.2) is 12.0 Å². The van der Waals surface area contributed by atoms with Gasteiger partial charge in [0.1, 0.15) is 12.1 Å². The smallest absolute Gasteiger partial charge is 0.248 e. The van der Waals surface area contributed by atoms with Crippen molar-refractivity contribution in [3.8, 4) is 0 Å². The number of likely N-dealkylation sites (N-methyl/N-ethyl adjacent to an activating group) is 1. The van der Waals surface area contributed by atoms with Crippen LogP contribution in [0.25, 0.3) is 11.1 Å². The van der Waals surface area contributed by atoms with Gasteiger partial charge in [-0.05, 0) is 24.1 Å². The third kappa shape index (κ3) is 2.62. The second kappa shape index (κ2) is 4.97. The molecular weight excluding hydrogens is 220 g/mol. The molecule has 90 valence electrons. The van der Waals surface area contributed by atoms with Gasteiger partial charge in [-0.3, -0.25) is 4.79 Å². The van der Waals surface area contributed by atoms with Crippen LogP contribution in [0.5, 0.6) is 0 Å². The first kappa shape index (κ1) is 11.6. The minimum atomic E-state index is -0.447. The summed E-state index contributed by atoms with van der Waals surface area (Å²) >= 11 is 0. The van der Waals surface area contributed by atoms with Gasteiger partial charge in [0.05, 0.1) is 0 Å². The predicted molar refractivity (Wildman–Crippen MR) is 62.4 cm³/mol. The number of fused-ring (bicyclic) bond motifs is 1. The van der Waals surface area contributed by atoms with Crippen LogP contribution in [-0.2, 0) is 11.2 Å². The van der Waals surface area contributed by atoms with E-state index in [-0.39, 0.29) is 5.91 Å². The predicted octanol–water partition coefficient (Wildman–Crippen LogP) is 0.821. The molecule has 0 unspecified atom stereocenters. The molecule has 1 aromatic heterocycles. The van der Waals surface area contributed by atoms with E-state index in [4.69, 9.17) is 9.52 Å². The van der Waals surface area contributed by atoms with Gasteiger partial charge in [-0.15, -0.1) is 0 Å². The summed E-state index contributed by atoms with van der Waals surface area (Å²) in [5.41, 5.74) is 2.65. The highest BCUT2D eigenvalue weighted by molar-refractivity contribution is 5.77. The van der Waals surface area contributed by atoms with Crippen LogP contribution in [0, 0.1) is 0 Å². The van der Waals surface area contributed by atoms with E-state index in [1.165, 1.54) is 11.3 Å². The highest BCUT2D eigenvalue weighted by Crippen LogP contribution is 2.14. The first-order valence-electron chi connectivity index (χ1n) is 5.37. The Morgan fingerprint density at radius 3 is 3.12 bits per heavy atom. The van der Waals surface area contributed by atoms with Crippen LogP contribution in [0.1, 0.15) is 5.56 Å². The Kier molecular flexibility index (Phi) is 3.39. The van der Waals surface area contributed by atoms with Gasteiger partial charge in [-0.1, -0.05) is 6.07 Å². The van der Waals surface area contributed by atoms with Gasteiger partial charge < -0.3 is 14.4 Å². The van der Waals surface area contributed by atoms with Gasteiger partial charge >= 0.3 is 0 Å². The summed E-state index contributed by atoms with van der Waals surface area (Å²) < 4.78 is 5.20. The molecule has 5 heteroatoms. The molecule has 1 aromatic carbocycles. The fraction of sp³-hybridized carbons (Fsp3) is 0.333. The van der Waals surface area contributed by atoms with Crippen LogP contribution >= 0.6 is 0 Å². The van der Waals surface area contributed by atoms with Crippen molar-refractivity contribution in [1.82, 2.24) is 9.88 Å². The zero-order valence-electron chi connectivity index (χ0n) is 9.59. The molecule has 0 aliphatic heterocycles. The summed E-state index contributed by atoms with van der Waals surface area (Å²) in [7, 11) is 1.67.